The van der Waals surface area contributed by atoms with E-state index in [1.807, 2.05) is 0 Å². The lowest BCUT2D eigenvalue weighted by molar-refractivity contribution is -0.384. The summed E-state index contributed by atoms with van der Waals surface area (Å²) in [5.74, 6) is -1.81. The van der Waals surface area contributed by atoms with Crippen molar-refractivity contribution in [2.75, 3.05) is 11.9 Å². The molecule has 126 valence electrons. The molecule has 0 aliphatic carbocycles. The highest BCUT2D eigenvalue weighted by atomic mass is 19.4. The number of nitro groups is 1. The van der Waals surface area contributed by atoms with Gasteiger partial charge in [0.1, 0.15) is 6.54 Å². The second-order valence-corrected chi connectivity index (χ2v) is 4.51. The smallest absolute Gasteiger partial charge is 0.433 e. The molecule has 2 rings (SSSR count). The first-order valence-electron chi connectivity index (χ1n) is 6.33. The number of aliphatic carboxylic acids is 1. The summed E-state index contributed by atoms with van der Waals surface area (Å²) in [7, 11) is 0. The zero-order chi connectivity index (χ0) is 17.9. The van der Waals surface area contributed by atoms with Gasteiger partial charge < -0.3 is 10.4 Å². The van der Waals surface area contributed by atoms with Crippen molar-refractivity contribution >= 4 is 17.6 Å². The summed E-state index contributed by atoms with van der Waals surface area (Å²) < 4.78 is 38.7. The Morgan fingerprint density at radius 3 is 2.38 bits per heavy atom. The Morgan fingerprint density at radius 1 is 1.25 bits per heavy atom. The minimum atomic E-state index is -4.77. The van der Waals surface area contributed by atoms with E-state index in [4.69, 9.17) is 5.11 Å². The zero-order valence-corrected chi connectivity index (χ0v) is 11.7. The molecule has 24 heavy (non-hydrogen) atoms. The lowest BCUT2D eigenvalue weighted by Gasteiger charge is -2.11. The van der Waals surface area contributed by atoms with Crippen LogP contribution in [0, 0.1) is 10.1 Å². The number of alkyl halides is 3. The largest absolute Gasteiger partial charge is 0.480 e. The molecule has 8 nitrogen and oxygen atoms in total. The van der Waals surface area contributed by atoms with E-state index in [1.165, 1.54) is 12.1 Å². The molecule has 1 heterocycles. The molecule has 0 atom stereocenters. The van der Waals surface area contributed by atoms with Crippen LogP contribution in [-0.2, 0) is 11.0 Å². The fourth-order valence-electron chi connectivity index (χ4n) is 1.73. The number of nitrogens with zero attached hydrogens (tertiary/aromatic N) is 3. The van der Waals surface area contributed by atoms with Crippen molar-refractivity contribution in [2.45, 2.75) is 6.18 Å². The van der Waals surface area contributed by atoms with Gasteiger partial charge in [0, 0.05) is 17.7 Å². The summed E-state index contributed by atoms with van der Waals surface area (Å²) in [6.45, 7) is -0.666. The first-order chi connectivity index (χ1) is 11.2. The number of halogens is 3. The molecule has 1 aromatic heterocycles. The minimum Gasteiger partial charge on any atom is -0.480 e. The van der Waals surface area contributed by atoms with Crippen LogP contribution in [-0.4, -0.2) is 32.5 Å². The van der Waals surface area contributed by atoms with Crippen LogP contribution in [0.2, 0.25) is 0 Å². The molecule has 0 spiro atoms. The van der Waals surface area contributed by atoms with Crippen LogP contribution in [0.5, 0.6) is 0 Å². The molecule has 0 fully saturated rings. The molecule has 0 saturated heterocycles. The third-order valence-corrected chi connectivity index (χ3v) is 2.79. The average molecular weight is 342 g/mol. The van der Waals surface area contributed by atoms with Crippen LogP contribution in [0.4, 0.5) is 24.8 Å². The summed E-state index contributed by atoms with van der Waals surface area (Å²) in [6.07, 6.45) is -4.77. The van der Waals surface area contributed by atoms with Crippen LogP contribution >= 0.6 is 0 Å². The van der Waals surface area contributed by atoms with Crippen molar-refractivity contribution in [3.05, 3.63) is 46.1 Å². The number of hydrogen-bond donors (Lipinski definition) is 2. The molecular weight excluding hydrogens is 333 g/mol. The molecular formula is C13H9F3N4O4. The SMILES string of the molecule is O=C(O)CNc1nc(-c2ccc([N+](=O)[O-])cc2)cc(C(F)(F)F)n1. The maximum absolute atomic E-state index is 12.9. The van der Waals surface area contributed by atoms with E-state index in [0.29, 0.717) is 6.07 Å². The molecule has 1 aromatic carbocycles. The number of anilines is 1. The lowest BCUT2D eigenvalue weighted by Crippen LogP contribution is -2.17. The fraction of sp³-hybridized carbons (Fsp3) is 0.154. The predicted octanol–water partition coefficient (Wildman–Crippen LogP) is 2.57. The Hall–Kier alpha value is -3.24. The summed E-state index contributed by atoms with van der Waals surface area (Å²) in [6, 6.07) is 5.39. The first kappa shape index (κ1) is 17.1. The lowest BCUT2D eigenvalue weighted by atomic mass is 10.1. The number of carboxylic acids is 1. The summed E-state index contributed by atoms with van der Waals surface area (Å²) in [5, 5.41) is 21.3. The van der Waals surface area contributed by atoms with Gasteiger partial charge in [0.2, 0.25) is 5.95 Å². The van der Waals surface area contributed by atoms with Gasteiger partial charge >= 0.3 is 12.1 Å². The van der Waals surface area contributed by atoms with Gasteiger partial charge in [-0.2, -0.15) is 13.2 Å². The molecule has 0 aliphatic heterocycles. The minimum absolute atomic E-state index is 0.153. The first-order valence-corrected chi connectivity index (χ1v) is 6.33. The predicted molar refractivity (Wildman–Crippen MR) is 75.2 cm³/mol. The fourth-order valence-corrected chi connectivity index (χ4v) is 1.73. The highest BCUT2D eigenvalue weighted by Gasteiger charge is 2.34. The van der Waals surface area contributed by atoms with Crippen LogP contribution in [0.1, 0.15) is 5.69 Å². The van der Waals surface area contributed by atoms with Gasteiger partial charge in [-0.25, -0.2) is 9.97 Å². The normalized spacial score (nSPS) is 11.1. The maximum Gasteiger partial charge on any atom is 0.433 e. The van der Waals surface area contributed by atoms with Gasteiger partial charge in [-0.15, -0.1) is 0 Å². The highest BCUT2D eigenvalue weighted by molar-refractivity contribution is 5.72. The molecule has 0 radical (unpaired) electrons. The Labute approximate surface area is 132 Å². The van der Waals surface area contributed by atoms with Gasteiger partial charge in [-0.1, -0.05) is 0 Å². The number of carboxylic acid groups (broad SMARTS) is 1. The number of nitrogens with one attached hydrogen (secondary N) is 1. The molecule has 0 bridgehead atoms. The number of nitro benzene ring substituents is 1. The third kappa shape index (κ3) is 4.15. The summed E-state index contributed by atoms with van der Waals surface area (Å²) in [4.78, 5) is 27.5. The van der Waals surface area contributed by atoms with Crippen molar-refractivity contribution in [2.24, 2.45) is 0 Å². The number of benzene rings is 1. The molecule has 11 heteroatoms. The van der Waals surface area contributed by atoms with Crippen molar-refractivity contribution in [1.29, 1.82) is 0 Å². The van der Waals surface area contributed by atoms with Crippen LogP contribution in [0.25, 0.3) is 11.3 Å². The number of non-ortho nitro benzene ring substituents is 1. The van der Waals surface area contributed by atoms with E-state index < -0.39 is 35.3 Å². The maximum atomic E-state index is 12.9. The van der Waals surface area contributed by atoms with E-state index in [2.05, 4.69) is 15.3 Å². The van der Waals surface area contributed by atoms with E-state index in [1.54, 1.807) is 0 Å². The molecule has 0 saturated carbocycles. The van der Waals surface area contributed by atoms with Gasteiger partial charge in [-0.05, 0) is 18.2 Å². The van der Waals surface area contributed by atoms with Crippen LogP contribution in [0.15, 0.2) is 30.3 Å². The Kier molecular flexibility index (Phi) is 4.62. The van der Waals surface area contributed by atoms with E-state index in [0.717, 1.165) is 12.1 Å². The molecule has 2 N–H and O–H groups in total. The van der Waals surface area contributed by atoms with Crippen molar-refractivity contribution in [3.8, 4) is 11.3 Å². The van der Waals surface area contributed by atoms with Gasteiger partial charge in [-0.3, -0.25) is 14.9 Å². The Balaban J connectivity index is 2.45. The second-order valence-electron chi connectivity index (χ2n) is 4.51. The van der Waals surface area contributed by atoms with E-state index in [-0.39, 0.29) is 16.9 Å². The molecule has 0 unspecified atom stereocenters. The standard InChI is InChI=1S/C13H9F3N4O4/c14-13(15,16)10-5-9(18-12(19-10)17-6-11(21)22)7-1-3-8(4-2-7)20(23)24/h1-5H,6H2,(H,21,22)(H,17,18,19). The monoisotopic (exact) mass is 342 g/mol. The zero-order valence-electron chi connectivity index (χ0n) is 11.7. The third-order valence-electron chi connectivity index (χ3n) is 2.79. The molecule has 0 amide bonds. The van der Waals surface area contributed by atoms with Crippen LogP contribution < -0.4 is 5.32 Å². The topological polar surface area (TPSA) is 118 Å². The quantitative estimate of drug-likeness (QED) is 0.633. The number of hydrogen-bond acceptors (Lipinski definition) is 6. The molecule has 2 aromatic rings. The Bertz CT molecular complexity index is 778. The van der Waals surface area contributed by atoms with Gasteiger partial charge in [0.15, 0.2) is 5.69 Å². The summed E-state index contributed by atoms with van der Waals surface area (Å²) in [5.41, 5.74) is -1.46. The van der Waals surface area contributed by atoms with Gasteiger partial charge in [0.25, 0.3) is 5.69 Å². The average Bonchev–Trinajstić information content (AvgIpc) is 2.52. The Morgan fingerprint density at radius 2 is 1.88 bits per heavy atom. The molecule has 0 aliphatic rings. The van der Waals surface area contributed by atoms with E-state index in [9.17, 15) is 28.1 Å². The van der Waals surface area contributed by atoms with E-state index >= 15 is 0 Å². The van der Waals surface area contributed by atoms with Crippen LogP contribution in [0.3, 0.4) is 0 Å². The van der Waals surface area contributed by atoms with Gasteiger partial charge in [0.05, 0.1) is 10.6 Å². The van der Waals surface area contributed by atoms with Crippen molar-refractivity contribution in [3.63, 3.8) is 0 Å². The van der Waals surface area contributed by atoms with Crippen molar-refractivity contribution in [1.82, 2.24) is 9.97 Å². The number of aromatic nitrogens is 2. The number of carbonyl (C=O) groups is 1. The summed E-state index contributed by atoms with van der Waals surface area (Å²) >= 11 is 0. The van der Waals surface area contributed by atoms with Crippen molar-refractivity contribution < 1.29 is 28.0 Å². The number of rotatable bonds is 5. The second kappa shape index (κ2) is 6.48. The highest BCUT2D eigenvalue weighted by Crippen LogP contribution is 2.31.